The molecule has 3 rings (SSSR count). The van der Waals surface area contributed by atoms with Crippen molar-refractivity contribution in [3.05, 3.63) is 35.9 Å². The van der Waals surface area contributed by atoms with Gasteiger partial charge in [-0.25, -0.2) is 4.79 Å². The molecule has 8 nitrogen and oxygen atoms in total. The van der Waals surface area contributed by atoms with E-state index >= 15 is 0 Å². The van der Waals surface area contributed by atoms with Crippen LogP contribution in [-0.2, 0) is 16.0 Å². The van der Waals surface area contributed by atoms with Crippen LogP contribution in [0.1, 0.15) is 25.8 Å². The number of hydrogen-bond donors (Lipinski definition) is 3. The topological polar surface area (TPSA) is 93.8 Å². The van der Waals surface area contributed by atoms with E-state index in [2.05, 4.69) is 29.8 Å². The summed E-state index contributed by atoms with van der Waals surface area (Å²) < 4.78 is 0. The zero-order valence-corrected chi connectivity index (χ0v) is 19.4. The normalized spacial score (nSPS) is 26.2. The summed E-state index contributed by atoms with van der Waals surface area (Å²) in [7, 11) is 3.22. The van der Waals surface area contributed by atoms with Gasteiger partial charge in [0.05, 0.1) is 29.4 Å². The van der Waals surface area contributed by atoms with Crippen molar-refractivity contribution in [1.29, 1.82) is 0 Å². The fourth-order valence-corrected chi connectivity index (χ4v) is 5.25. The fourth-order valence-electron chi connectivity index (χ4n) is 4.08. The van der Waals surface area contributed by atoms with Crippen LogP contribution in [-0.4, -0.2) is 71.7 Å². The summed E-state index contributed by atoms with van der Waals surface area (Å²) in [4.78, 5) is 40.5. The summed E-state index contributed by atoms with van der Waals surface area (Å²) >= 11 is 1.43. The molecule has 0 aliphatic carbocycles. The minimum atomic E-state index is -0.460. The lowest BCUT2D eigenvalue weighted by Gasteiger charge is -2.50. The second-order valence-electron chi connectivity index (χ2n) is 8.59. The average Bonchev–Trinajstić information content (AvgIpc) is 2.74. The van der Waals surface area contributed by atoms with Gasteiger partial charge in [-0.15, -0.1) is 11.8 Å². The summed E-state index contributed by atoms with van der Waals surface area (Å²) in [6, 6.07) is 9.71. The molecule has 2 aliphatic rings. The second kappa shape index (κ2) is 10.5. The Bertz CT molecular complexity index is 791. The van der Waals surface area contributed by atoms with E-state index in [1.54, 1.807) is 11.9 Å². The van der Waals surface area contributed by atoms with Crippen molar-refractivity contribution in [3.63, 3.8) is 0 Å². The van der Waals surface area contributed by atoms with Crippen LogP contribution in [0.25, 0.3) is 0 Å². The van der Waals surface area contributed by atoms with Crippen LogP contribution in [0.4, 0.5) is 4.79 Å². The Labute approximate surface area is 188 Å². The lowest BCUT2D eigenvalue weighted by Crippen LogP contribution is -2.74. The number of nitrogens with zero attached hydrogens (tertiary/aromatic N) is 2. The smallest absolute Gasteiger partial charge is 0.327 e. The zero-order chi connectivity index (χ0) is 22.5. The van der Waals surface area contributed by atoms with Crippen LogP contribution < -0.4 is 16.0 Å². The van der Waals surface area contributed by atoms with Crippen molar-refractivity contribution in [2.24, 2.45) is 11.8 Å². The third-order valence-electron chi connectivity index (χ3n) is 5.71. The SMILES string of the molecule is CC(C)CC1NC(SCC(=O)NCCc2ccccc2)C2C(=O)N(C)C(=O)N(C)C2N1. The molecule has 4 unspecified atom stereocenters. The van der Waals surface area contributed by atoms with E-state index in [0.717, 1.165) is 12.8 Å². The number of imide groups is 1. The highest BCUT2D eigenvalue weighted by molar-refractivity contribution is 8.00. The van der Waals surface area contributed by atoms with Gasteiger partial charge in [-0.05, 0) is 24.3 Å². The van der Waals surface area contributed by atoms with E-state index in [-0.39, 0.29) is 41.3 Å². The highest BCUT2D eigenvalue weighted by Gasteiger charge is 2.50. The maximum Gasteiger partial charge on any atom is 0.327 e. The quantitative estimate of drug-likeness (QED) is 0.558. The Morgan fingerprint density at radius 3 is 2.55 bits per heavy atom. The van der Waals surface area contributed by atoms with Gasteiger partial charge in [-0.2, -0.15) is 0 Å². The number of amides is 4. The van der Waals surface area contributed by atoms with Gasteiger partial charge in [0.1, 0.15) is 0 Å². The van der Waals surface area contributed by atoms with Gasteiger partial charge >= 0.3 is 6.03 Å². The molecule has 0 radical (unpaired) electrons. The van der Waals surface area contributed by atoms with Crippen molar-refractivity contribution in [3.8, 4) is 0 Å². The third kappa shape index (κ3) is 5.78. The molecular formula is C22H33N5O3S. The van der Waals surface area contributed by atoms with Crippen molar-refractivity contribution in [2.45, 2.75) is 44.4 Å². The first-order chi connectivity index (χ1) is 14.8. The molecule has 0 bridgehead atoms. The summed E-state index contributed by atoms with van der Waals surface area (Å²) in [6.07, 6.45) is 1.21. The van der Waals surface area contributed by atoms with E-state index in [1.807, 2.05) is 30.3 Å². The van der Waals surface area contributed by atoms with E-state index < -0.39 is 5.92 Å². The molecule has 0 aromatic heterocycles. The van der Waals surface area contributed by atoms with E-state index in [4.69, 9.17) is 0 Å². The predicted octanol–water partition coefficient (Wildman–Crippen LogP) is 1.44. The Kier molecular flexibility index (Phi) is 7.96. The van der Waals surface area contributed by atoms with Crippen LogP contribution in [0.2, 0.25) is 0 Å². The van der Waals surface area contributed by atoms with Crippen LogP contribution in [0.15, 0.2) is 30.3 Å². The molecule has 1 aromatic carbocycles. The predicted molar refractivity (Wildman–Crippen MR) is 122 cm³/mol. The van der Waals surface area contributed by atoms with Gasteiger partial charge < -0.3 is 10.2 Å². The molecule has 2 aliphatic heterocycles. The molecule has 2 heterocycles. The maximum absolute atomic E-state index is 12.9. The second-order valence-corrected chi connectivity index (χ2v) is 9.72. The largest absolute Gasteiger partial charge is 0.355 e. The molecule has 4 atom stereocenters. The van der Waals surface area contributed by atoms with Crippen LogP contribution in [0.3, 0.4) is 0 Å². The summed E-state index contributed by atoms with van der Waals surface area (Å²) in [5.74, 6) is -0.0503. The van der Waals surface area contributed by atoms with E-state index in [0.29, 0.717) is 12.5 Å². The van der Waals surface area contributed by atoms with Crippen molar-refractivity contribution in [1.82, 2.24) is 25.8 Å². The Morgan fingerprint density at radius 1 is 1.16 bits per heavy atom. The van der Waals surface area contributed by atoms with Crippen LogP contribution >= 0.6 is 11.8 Å². The first-order valence-corrected chi connectivity index (χ1v) is 11.8. The number of rotatable bonds is 8. The van der Waals surface area contributed by atoms with Gasteiger partial charge in [-0.3, -0.25) is 25.1 Å². The van der Waals surface area contributed by atoms with E-state index in [9.17, 15) is 14.4 Å². The fraction of sp³-hybridized carbons (Fsp3) is 0.591. The molecule has 9 heteroatoms. The minimum Gasteiger partial charge on any atom is -0.355 e. The molecule has 0 saturated carbocycles. The highest BCUT2D eigenvalue weighted by Crippen LogP contribution is 2.32. The summed E-state index contributed by atoms with van der Waals surface area (Å²) in [5, 5.41) is 9.61. The first kappa shape index (κ1) is 23.6. The number of hydrogen-bond acceptors (Lipinski definition) is 6. The Hall–Kier alpha value is -2.10. The lowest BCUT2D eigenvalue weighted by atomic mass is 9.95. The molecule has 31 heavy (non-hydrogen) atoms. The van der Waals surface area contributed by atoms with E-state index in [1.165, 1.54) is 29.3 Å². The summed E-state index contributed by atoms with van der Waals surface area (Å²) in [5.41, 5.74) is 1.18. The van der Waals surface area contributed by atoms with Gasteiger partial charge in [0.2, 0.25) is 11.8 Å². The van der Waals surface area contributed by atoms with Crippen molar-refractivity contribution < 1.29 is 14.4 Å². The molecule has 170 valence electrons. The van der Waals surface area contributed by atoms with Crippen molar-refractivity contribution >= 4 is 29.6 Å². The number of thioether (sulfide) groups is 1. The van der Waals surface area contributed by atoms with Crippen LogP contribution in [0, 0.1) is 11.8 Å². The molecule has 1 aromatic rings. The monoisotopic (exact) mass is 447 g/mol. The molecule has 0 spiro atoms. The average molecular weight is 448 g/mol. The first-order valence-electron chi connectivity index (χ1n) is 10.8. The Morgan fingerprint density at radius 2 is 1.87 bits per heavy atom. The molecule has 3 N–H and O–H groups in total. The maximum atomic E-state index is 12.9. The number of carbonyl (C=O) groups excluding carboxylic acids is 3. The van der Waals surface area contributed by atoms with Gasteiger partial charge in [0.25, 0.3) is 0 Å². The third-order valence-corrected chi connectivity index (χ3v) is 6.92. The standard InChI is InChI=1S/C22H33N5O3S/c1-14(2)12-16-24-19-18(21(29)27(4)22(30)26(19)3)20(25-16)31-13-17(28)23-11-10-15-8-6-5-7-9-15/h5-9,14,16,18-20,24-25H,10-13H2,1-4H3,(H,23,28). The number of urea groups is 1. The lowest BCUT2D eigenvalue weighted by molar-refractivity contribution is -0.140. The summed E-state index contributed by atoms with van der Waals surface area (Å²) in [6.45, 7) is 4.84. The van der Waals surface area contributed by atoms with Crippen molar-refractivity contribution in [2.75, 3.05) is 26.4 Å². The molecule has 2 saturated heterocycles. The number of benzene rings is 1. The minimum absolute atomic E-state index is 0.0358. The number of carbonyl (C=O) groups is 3. The van der Waals surface area contributed by atoms with Gasteiger partial charge in [0.15, 0.2) is 0 Å². The van der Waals surface area contributed by atoms with Gasteiger partial charge in [0, 0.05) is 20.6 Å². The zero-order valence-electron chi connectivity index (χ0n) is 18.6. The Balaban J connectivity index is 1.60. The molecule has 2 fully saturated rings. The van der Waals surface area contributed by atoms with Crippen LogP contribution in [0.5, 0.6) is 0 Å². The molecule has 4 amide bonds. The highest BCUT2D eigenvalue weighted by atomic mass is 32.2. The number of fused-ring (bicyclic) bond motifs is 1. The molecular weight excluding hydrogens is 414 g/mol. The number of nitrogens with one attached hydrogen (secondary N) is 3. The van der Waals surface area contributed by atoms with Gasteiger partial charge in [-0.1, -0.05) is 44.2 Å².